The van der Waals surface area contributed by atoms with Crippen molar-refractivity contribution >= 4 is 5.97 Å². The van der Waals surface area contributed by atoms with Gasteiger partial charge in [0.2, 0.25) is 0 Å². The molecule has 0 spiro atoms. The van der Waals surface area contributed by atoms with Crippen molar-refractivity contribution in [1.29, 1.82) is 0 Å². The molecule has 0 saturated heterocycles. The van der Waals surface area contributed by atoms with Crippen molar-refractivity contribution in [2.24, 2.45) is 5.73 Å². The van der Waals surface area contributed by atoms with Crippen LogP contribution in [0, 0.1) is 0 Å². The molecule has 0 aliphatic rings. The molecule has 2 aromatic rings. The Bertz CT molecular complexity index is 598. The van der Waals surface area contributed by atoms with Crippen molar-refractivity contribution in [3.63, 3.8) is 0 Å². The van der Waals surface area contributed by atoms with E-state index in [-0.39, 0.29) is 12.2 Å². The number of para-hydroxylation sites is 1. The molecule has 1 atom stereocenters. The van der Waals surface area contributed by atoms with Gasteiger partial charge in [-0.3, -0.25) is 4.79 Å². The summed E-state index contributed by atoms with van der Waals surface area (Å²) in [6, 6.07) is 12.5. The second-order valence-corrected chi connectivity index (χ2v) is 4.36. The number of carboxylic acid groups (broad SMARTS) is 1. The first-order valence-electron chi connectivity index (χ1n) is 6.09. The molecule has 104 valence electrons. The molecule has 0 aromatic heterocycles. The summed E-state index contributed by atoms with van der Waals surface area (Å²) in [7, 11) is 0. The Labute approximate surface area is 116 Å². The van der Waals surface area contributed by atoms with Crippen molar-refractivity contribution in [3.05, 3.63) is 54.1 Å². The number of benzene rings is 2. The fourth-order valence-electron chi connectivity index (χ4n) is 1.75. The van der Waals surface area contributed by atoms with Gasteiger partial charge < -0.3 is 20.7 Å². The van der Waals surface area contributed by atoms with Crippen LogP contribution < -0.4 is 10.5 Å². The Morgan fingerprint density at radius 2 is 1.90 bits per heavy atom. The van der Waals surface area contributed by atoms with E-state index >= 15 is 0 Å². The summed E-state index contributed by atoms with van der Waals surface area (Å²) < 4.78 is 5.66. The molecule has 4 N–H and O–H groups in total. The van der Waals surface area contributed by atoms with E-state index < -0.39 is 12.0 Å². The Morgan fingerprint density at radius 3 is 2.55 bits per heavy atom. The van der Waals surface area contributed by atoms with E-state index in [1.165, 1.54) is 12.1 Å². The number of carbonyl (C=O) groups is 1. The van der Waals surface area contributed by atoms with E-state index in [1.807, 2.05) is 18.2 Å². The zero-order valence-electron chi connectivity index (χ0n) is 10.7. The van der Waals surface area contributed by atoms with Gasteiger partial charge in [0.25, 0.3) is 0 Å². The molecule has 0 aliphatic carbocycles. The highest BCUT2D eigenvalue weighted by Crippen LogP contribution is 2.29. The smallest absolute Gasteiger partial charge is 0.320 e. The Hall–Kier alpha value is -2.53. The Kier molecular flexibility index (Phi) is 4.22. The molecule has 0 radical (unpaired) electrons. The average Bonchev–Trinajstić information content (AvgIpc) is 2.42. The first-order chi connectivity index (χ1) is 9.56. The van der Waals surface area contributed by atoms with Crippen LogP contribution in [0.5, 0.6) is 17.2 Å². The van der Waals surface area contributed by atoms with Gasteiger partial charge in [0.15, 0.2) is 0 Å². The number of phenolic OH excluding ortho intramolecular Hbond substituents is 1. The fourth-order valence-corrected chi connectivity index (χ4v) is 1.75. The molecule has 0 amide bonds. The van der Waals surface area contributed by atoms with E-state index in [4.69, 9.17) is 15.6 Å². The summed E-state index contributed by atoms with van der Waals surface area (Å²) in [5, 5.41) is 18.4. The topological polar surface area (TPSA) is 92.8 Å². The number of carboxylic acids is 1. The number of ether oxygens (including phenoxy) is 1. The average molecular weight is 273 g/mol. The Morgan fingerprint density at radius 1 is 1.20 bits per heavy atom. The minimum Gasteiger partial charge on any atom is -0.508 e. The number of phenols is 1. The number of nitrogens with two attached hydrogens (primary N) is 1. The monoisotopic (exact) mass is 273 g/mol. The van der Waals surface area contributed by atoms with E-state index in [0.717, 1.165) is 0 Å². The van der Waals surface area contributed by atoms with Crippen LogP contribution in [0.3, 0.4) is 0 Å². The largest absolute Gasteiger partial charge is 0.508 e. The predicted octanol–water partition coefficient (Wildman–Crippen LogP) is 2.14. The SMILES string of the molecule is NC(Cc1ccc(O)cc1Oc1ccccc1)C(=O)O. The maximum absolute atomic E-state index is 10.8. The lowest BCUT2D eigenvalue weighted by Gasteiger charge is -2.13. The van der Waals surface area contributed by atoms with Crippen LogP contribution in [-0.4, -0.2) is 22.2 Å². The highest BCUT2D eigenvalue weighted by Gasteiger charge is 2.16. The highest BCUT2D eigenvalue weighted by molar-refractivity contribution is 5.73. The molecule has 2 rings (SSSR count). The van der Waals surface area contributed by atoms with Crippen molar-refractivity contribution in [3.8, 4) is 17.2 Å². The van der Waals surface area contributed by atoms with Crippen LogP contribution in [-0.2, 0) is 11.2 Å². The second kappa shape index (κ2) is 6.08. The maximum Gasteiger partial charge on any atom is 0.320 e. The van der Waals surface area contributed by atoms with Crippen molar-refractivity contribution in [1.82, 2.24) is 0 Å². The number of aromatic hydroxyl groups is 1. The van der Waals surface area contributed by atoms with Gasteiger partial charge in [-0.25, -0.2) is 0 Å². The lowest BCUT2D eigenvalue weighted by molar-refractivity contribution is -0.138. The van der Waals surface area contributed by atoms with Crippen LogP contribution in [0.15, 0.2) is 48.5 Å². The number of hydrogen-bond donors (Lipinski definition) is 3. The van der Waals surface area contributed by atoms with Gasteiger partial charge in [0, 0.05) is 12.5 Å². The van der Waals surface area contributed by atoms with Gasteiger partial charge in [-0.2, -0.15) is 0 Å². The third kappa shape index (κ3) is 3.49. The zero-order valence-corrected chi connectivity index (χ0v) is 10.7. The molecular formula is C15H15NO4. The minimum atomic E-state index is -1.08. The van der Waals surface area contributed by atoms with Crippen LogP contribution in [0.2, 0.25) is 0 Å². The van der Waals surface area contributed by atoms with E-state index in [2.05, 4.69) is 0 Å². The molecule has 0 aliphatic heterocycles. The quantitative estimate of drug-likeness (QED) is 0.776. The maximum atomic E-state index is 10.8. The molecule has 1 unspecified atom stereocenters. The summed E-state index contributed by atoms with van der Waals surface area (Å²) in [6.45, 7) is 0. The normalized spacial score (nSPS) is 11.8. The molecule has 2 aromatic carbocycles. The van der Waals surface area contributed by atoms with E-state index in [1.54, 1.807) is 18.2 Å². The number of aliphatic carboxylic acids is 1. The van der Waals surface area contributed by atoms with Crippen molar-refractivity contribution in [2.45, 2.75) is 12.5 Å². The van der Waals surface area contributed by atoms with Gasteiger partial charge in [-0.15, -0.1) is 0 Å². The van der Waals surface area contributed by atoms with Gasteiger partial charge in [0.1, 0.15) is 23.3 Å². The van der Waals surface area contributed by atoms with Gasteiger partial charge in [-0.1, -0.05) is 24.3 Å². The zero-order chi connectivity index (χ0) is 14.5. The Balaban J connectivity index is 2.26. The van der Waals surface area contributed by atoms with Crippen LogP contribution in [0.25, 0.3) is 0 Å². The fraction of sp³-hybridized carbons (Fsp3) is 0.133. The van der Waals surface area contributed by atoms with Crippen LogP contribution in [0.4, 0.5) is 0 Å². The summed E-state index contributed by atoms with van der Waals surface area (Å²) in [5.41, 5.74) is 6.16. The summed E-state index contributed by atoms with van der Waals surface area (Å²) in [5.74, 6) is -0.0385. The van der Waals surface area contributed by atoms with Crippen molar-refractivity contribution in [2.75, 3.05) is 0 Å². The number of rotatable bonds is 5. The molecule has 5 nitrogen and oxygen atoms in total. The molecule has 0 saturated carbocycles. The number of hydrogen-bond acceptors (Lipinski definition) is 4. The second-order valence-electron chi connectivity index (χ2n) is 4.36. The molecule has 0 fully saturated rings. The minimum absolute atomic E-state index is 0.0450. The molecule has 5 heteroatoms. The summed E-state index contributed by atoms with van der Waals surface area (Å²) >= 11 is 0. The summed E-state index contributed by atoms with van der Waals surface area (Å²) in [6.07, 6.45) is 0.123. The predicted molar refractivity (Wildman–Crippen MR) is 73.9 cm³/mol. The molecule has 0 bridgehead atoms. The molecule has 0 heterocycles. The molecular weight excluding hydrogens is 258 g/mol. The lowest BCUT2D eigenvalue weighted by atomic mass is 10.1. The standard InChI is InChI=1S/C15H15NO4/c16-13(15(18)19)8-10-6-7-11(17)9-14(10)20-12-4-2-1-3-5-12/h1-7,9,13,17H,8,16H2,(H,18,19). The van der Waals surface area contributed by atoms with Crippen LogP contribution in [0.1, 0.15) is 5.56 Å². The molecule has 20 heavy (non-hydrogen) atoms. The highest BCUT2D eigenvalue weighted by atomic mass is 16.5. The lowest BCUT2D eigenvalue weighted by Crippen LogP contribution is -2.32. The van der Waals surface area contributed by atoms with E-state index in [0.29, 0.717) is 17.1 Å². The van der Waals surface area contributed by atoms with Gasteiger partial charge in [0.05, 0.1) is 0 Å². The van der Waals surface area contributed by atoms with E-state index in [9.17, 15) is 9.90 Å². The third-order valence-electron chi connectivity index (χ3n) is 2.78. The first-order valence-corrected chi connectivity index (χ1v) is 6.09. The van der Waals surface area contributed by atoms with Gasteiger partial charge in [-0.05, 0) is 23.8 Å². The van der Waals surface area contributed by atoms with Gasteiger partial charge >= 0.3 is 5.97 Å². The summed E-state index contributed by atoms with van der Waals surface area (Å²) in [4.78, 5) is 10.8. The van der Waals surface area contributed by atoms with Crippen LogP contribution >= 0.6 is 0 Å². The van der Waals surface area contributed by atoms with Crippen molar-refractivity contribution < 1.29 is 19.7 Å². The third-order valence-corrected chi connectivity index (χ3v) is 2.78. The first kappa shape index (κ1) is 13.9.